The zero-order valence-electron chi connectivity index (χ0n) is 13.6. The molecule has 0 fully saturated rings. The number of nitrogens with zero attached hydrogens (tertiary/aromatic N) is 1. The van der Waals surface area contributed by atoms with Crippen molar-refractivity contribution in [1.82, 2.24) is 10.3 Å². The highest BCUT2D eigenvalue weighted by Crippen LogP contribution is 2.27. The molecule has 1 amide bonds. The molecule has 0 spiro atoms. The molecule has 0 aliphatic heterocycles. The van der Waals surface area contributed by atoms with Crippen LogP contribution in [0.15, 0.2) is 34.5 Å². The molecule has 0 saturated carbocycles. The minimum absolute atomic E-state index is 0.0427. The lowest BCUT2D eigenvalue weighted by Gasteiger charge is -2.14. The summed E-state index contributed by atoms with van der Waals surface area (Å²) in [6.45, 7) is 3.79. The number of carbonyl (C=O) groups is 2. The van der Waals surface area contributed by atoms with Crippen molar-refractivity contribution in [3.63, 3.8) is 0 Å². The van der Waals surface area contributed by atoms with Gasteiger partial charge in [0.2, 0.25) is 0 Å². The molecule has 7 heteroatoms. The second-order valence-corrected chi connectivity index (χ2v) is 7.53. The van der Waals surface area contributed by atoms with E-state index < -0.39 is 5.97 Å². The number of thioether (sulfide) groups is 1. The second-order valence-electron chi connectivity index (χ2n) is 5.45. The molecular weight excluding hydrogens is 344 g/mol. The zero-order valence-corrected chi connectivity index (χ0v) is 15.2. The Labute approximate surface area is 149 Å². The molecule has 2 aromatic rings. The molecule has 5 nitrogen and oxygen atoms in total. The largest absolute Gasteiger partial charge is 0.481 e. The van der Waals surface area contributed by atoms with Gasteiger partial charge >= 0.3 is 5.97 Å². The molecule has 0 aliphatic carbocycles. The first-order valence-corrected chi connectivity index (χ1v) is 9.47. The molecule has 1 atom stereocenters. The number of rotatable bonds is 8. The van der Waals surface area contributed by atoms with Gasteiger partial charge in [0.25, 0.3) is 5.91 Å². The maximum Gasteiger partial charge on any atom is 0.303 e. The van der Waals surface area contributed by atoms with Crippen LogP contribution < -0.4 is 5.32 Å². The van der Waals surface area contributed by atoms with Crippen molar-refractivity contribution in [2.24, 2.45) is 0 Å². The summed E-state index contributed by atoms with van der Waals surface area (Å²) in [6, 6.07) is 7.25. The predicted molar refractivity (Wildman–Crippen MR) is 96.7 cm³/mol. The fourth-order valence-corrected chi connectivity index (χ4v) is 3.78. The van der Waals surface area contributed by atoms with Gasteiger partial charge in [0.05, 0.1) is 16.3 Å². The van der Waals surface area contributed by atoms with Gasteiger partial charge in [0.15, 0.2) is 0 Å². The van der Waals surface area contributed by atoms with Crippen molar-refractivity contribution in [2.75, 3.05) is 0 Å². The van der Waals surface area contributed by atoms with Crippen molar-refractivity contribution in [3.05, 3.63) is 45.9 Å². The summed E-state index contributed by atoms with van der Waals surface area (Å²) in [6.07, 6.45) is 0.454. The number of carboxylic acid groups (broad SMARTS) is 1. The third-order valence-corrected chi connectivity index (χ3v) is 5.27. The second kappa shape index (κ2) is 8.84. The number of benzene rings is 1. The van der Waals surface area contributed by atoms with E-state index in [2.05, 4.69) is 10.3 Å². The van der Waals surface area contributed by atoms with E-state index in [1.54, 1.807) is 29.2 Å². The number of aromatic nitrogens is 1. The number of thiazole rings is 1. The van der Waals surface area contributed by atoms with E-state index in [0.717, 1.165) is 15.6 Å². The summed E-state index contributed by atoms with van der Waals surface area (Å²) in [4.78, 5) is 28.4. The van der Waals surface area contributed by atoms with Crippen molar-refractivity contribution < 1.29 is 14.7 Å². The highest BCUT2D eigenvalue weighted by atomic mass is 32.2. The van der Waals surface area contributed by atoms with Gasteiger partial charge in [0, 0.05) is 28.5 Å². The lowest BCUT2D eigenvalue weighted by Crippen LogP contribution is -2.33. The molecule has 2 rings (SSSR count). The van der Waals surface area contributed by atoms with E-state index >= 15 is 0 Å². The topological polar surface area (TPSA) is 79.3 Å². The van der Waals surface area contributed by atoms with Crippen LogP contribution in [0.1, 0.15) is 40.8 Å². The molecule has 1 heterocycles. The molecule has 128 valence electrons. The number of carboxylic acids is 1. The summed E-state index contributed by atoms with van der Waals surface area (Å²) in [5, 5.41) is 14.6. The maximum atomic E-state index is 12.5. The standard InChI is InChI=1S/C17H20N2O3S2/c1-11(7-8-16(20)21)18-17(22)14-5-3-4-6-15(14)24-10-13-9-23-12(2)19-13/h3-6,9,11H,7-8,10H2,1-2H3,(H,18,22)(H,20,21). The van der Waals surface area contributed by atoms with Gasteiger partial charge in [-0.1, -0.05) is 12.1 Å². The number of nitrogens with one attached hydrogen (secondary N) is 1. The molecule has 1 unspecified atom stereocenters. The highest BCUT2D eigenvalue weighted by molar-refractivity contribution is 7.98. The minimum atomic E-state index is -0.856. The fraction of sp³-hybridized carbons (Fsp3) is 0.353. The Morgan fingerprint density at radius 2 is 2.12 bits per heavy atom. The Hall–Kier alpha value is -1.86. The predicted octanol–water partition coefficient (Wildman–Crippen LogP) is 3.73. The lowest BCUT2D eigenvalue weighted by atomic mass is 10.1. The van der Waals surface area contributed by atoms with Crippen LogP contribution in [0.3, 0.4) is 0 Å². The molecule has 24 heavy (non-hydrogen) atoms. The first-order valence-electron chi connectivity index (χ1n) is 7.61. The highest BCUT2D eigenvalue weighted by Gasteiger charge is 2.15. The third-order valence-electron chi connectivity index (χ3n) is 3.34. The van der Waals surface area contributed by atoms with Crippen LogP contribution in [0, 0.1) is 6.92 Å². The number of hydrogen-bond acceptors (Lipinski definition) is 5. The van der Waals surface area contributed by atoms with Crippen molar-refractivity contribution in [1.29, 1.82) is 0 Å². The van der Waals surface area contributed by atoms with Gasteiger partial charge in [0.1, 0.15) is 0 Å². The van der Waals surface area contributed by atoms with Gasteiger partial charge < -0.3 is 10.4 Å². The summed E-state index contributed by atoms with van der Waals surface area (Å²) >= 11 is 3.19. The van der Waals surface area contributed by atoms with Crippen LogP contribution >= 0.6 is 23.1 Å². The molecule has 0 bridgehead atoms. The molecular formula is C17H20N2O3S2. The maximum absolute atomic E-state index is 12.5. The van der Waals surface area contributed by atoms with Gasteiger partial charge in [-0.15, -0.1) is 23.1 Å². The smallest absolute Gasteiger partial charge is 0.303 e. The fourth-order valence-electron chi connectivity index (χ4n) is 2.12. The Balaban J connectivity index is 1.99. The Morgan fingerprint density at radius 1 is 1.38 bits per heavy atom. The summed E-state index contributed by atoms with van der Waals surface area (Å²) < 4.78 is 0. The van der Waals surface area contributed by atoms with Gasteiger partial charge in [-0.2, -0.15) is 0 Å². The summed E-state index contributed by atoms with van der Waals surface area (Å²) in [7, 11) is 0. The number of aryl methyl sites for hydroxylation is 1. The van der Waals surface area contributed by atoms with Crippen LogP contribution in [0.4, 0.5) is 0 Å². The van der Waals surface area contributed by atoms with E-state index in [9.17, 15) is 9.59 Å². The third kappa shape index (κ3) is 5.65. The van der Waals surface area contributed by atoms with Gasteiger partial charge in [-0.3, -0.25) is 9.59 Å². The summed E-state index contributed by atoms with van der Waals surface area (Å²) in [5.74, 6) is -0.320. The van der Waals surface area contributed by atoms with Crippen LogP contribution in [-0.2, 0) is 10.5 Å². The summed E-state index contributed by atoms with van der Waals surface area (Å²) in [5.41, 5.74) is 1.61. The molecule has 1 aromatic heterocycles. The molecule has 0 saturated heterocycles. The first-order chi connectivity index (χ1) is 11.5. The normalized spacial score (nSPS) is 11.9. The van der Waals surface area contributed by atoms with Crippen molar-refractivity contribution in [3.8, 4) is 0 Å². The monoisotopic (exact) mass is 364 g/mol. The van der Waals surface area contributed by atoms with Crippen LogP contribution in [0.2, 0.25) is 0 Å². The van der Waals surface area contributed by atoms with E-state index in [4.69, 9.17) is 5.11 Å². The van der Waals surface area contributed by atoms with Crippen molar-refractivity contribution >= 4 is 35.0 Å². The zero-order chi connectivity index (χ0) is 17.5. The lowest BCUT2D eigenvalue weighted by molar-refractivity contribution is -0.137. The van der Waals surface area contributed by atoms with E-state index in [-0.39, 0.29) is 18.4 Å². The molecule has 0 aliphatic rings. The van der Waals surface area contributed by atoms with E-state index in [1.165, 1.54) is 0 Å². The average Bonchev–Trinajstić information content (AvgIpc) is 2.96. The Kier molecular flexibility index (Phi) is 6.81. The Bertz CT molecular complexity index is 715. The average molecular weight is 364 g/mol. The SMILES string of the molecule is Cc1nc(CSc2ccccc2C(=O)NC(C)CCC(=O)O)cs1. The number of aliphatic carboxylic acids is 1. The van der Waals surface area contributed by atoms with Crippen molar-refractivity contribution in [2.45, 2.75) is 43.4 Å². The van der Waals surface area contributed by atoms with Crippen LogP contribution in [0.5, 0.6) is 0 Å². The number of carbonyl (C=O) groups excluding carboxylic acids is 1. The number of amides is 1. The minimum Gasteiger partial charge on any atom is -0.481 e. The van der Waals surface area contributed by atoms with E-state index in [1.807, 2.05) is 37.4 Å². The Morgan fingerprint density at radius 3 is 2.79 bits per heavy atom. The van der Waals surface area contributed by atoms with Gasteiger partial charge in [-0.25, -0.2) is 4.98 Å². The molecule has 2 N–H and O–H groups in total. The van der Waals surface area contributed by atoms with Crippen LogP contribution in [-0.4, -0.2) is 28.0 Å². The van der Waals surface area contributed by atoms with Crippen LogP contribution in [0.25, 0.3) is 0 Å². The van der Waals surface area contributed by atoms with E-state index in [0.29, 0.717) is 17.7 Å². The molecule has 0 radical (unpaired) electrons. The number of hydrogen-bond donors (Lipinski definition) is 2. The first kappa shape index (κ1) is 18.5. The van der Waals surface area contributed by atoms with Gasteiger partial charge in [-0.05, 0) is 32.4 Å². The quantitative estimate of drug-likeness (QED) is 0.698. The molecule has 1 aromatic carbocycles.